The third-order valence-electron chi connectivity index (χ3n) is 5.68. The molecule has 1 aliphatic heterocycles. The third kappa shape index (κ3) is 4.41. The molecule has 0 saturated carbocycles. The number of amides is 1. The van der Waals surface area contributed by atoms with Gasteiger partial charge in [-0.3, -0.25) is 9.59 Å². The number of halogens is 1. The molecule has 0 saturated heterocycles. The summed E-state index contributed by atoms with van der Waals surface area (Å²) in [4.78, 5) is 28.0. The Balaban J connectivity index is 1.72. The number of rotatable bonds is 9. The van der Waals surface area contributed by atoms with Crippen LogP contribution in [0.4, 0.5) is 4.39 Å². The van der Waals surface area contributed by atoms with Crippen molar-refractivity contribution in [3.63, 3.8) is 0 Å². The summed E-state index contributed by atoms with van der Waals surface area (Å²) in [5.41, 5.74) is 0.777. The minimum atomic E-state index is -0.894. The molecule has 0 spiro atoms. The number of fused-ring (bicyclic) bond motifs is 1. The number of furan rings is 1. The van der Waals surface area contributed by atoms with E-state index in [-0.39, 0.29) is 24.0 Å². The van der Waals surface area contributed by atoms with Crippen LogP contribution in [0.15, 0.2) is 64.3 Å². The largest absolute Gasteiger partial charge is 0.503 e. The van der Waals surface area contributed by atoms with Crippen molar-refractivity contribution in [1.82, 2.24) is 4.90 Å². The molecule has 1 aliphatic rings. The highest BCUT2D eigenvalue weighted by Gasteiger charge is 2.44. The highest BCUT2D eigenvalue weighted by Crippen LogP contribution is 2.40. The lowest BCUT2D eigenvalue weighted by atomic mass is 9.95. The Hall–Kier alpha value is -3.65. The molecule has 0 bridgehead atoms. The molecule has 1 N–H and O–H groups in total. The van der Waals surface area contributed by atoms with Crippen LogP contribution in [-0.2, 0) is 9.53 Å². The predicted molar refractivity (Wildman–Crippen MR) is 123 cm³/mol. The van der Waals surface area contributed by atoms with E-state index in [1.165, 1.54) is 36.3 Å². The van der Waals surface area contributed by atoms with Crippen molar-refractivity contribution in [2.75, 3.05) is 20.3 Å². The second-order valence-corrected chi connectivity index (χ2v) is 8.31. The van der Waals surface area contributed by atoms with Crippen molar-refractivity contribution in [1.29, 1.82) is 0 Å². The van der Waals surface area contributed by atoms with E-state index in [2.05, 4.69) is 0 Å². The molecular formula is C26H26FNO6. The molecular weight excluding hydrogens is 441 g/mol. The number of ketones is 1. The molecule has 1 amide bonds. The number of hydrogen-bond acceptors (Lipinski definition) is 6. The number of methoxy groups -OCH3 is 1. The normalized spacial score (nSPS) is 16.2. The Morgan fingerprint density at radius 3 is 2.62 bits per heavy atom. The molecule has 2 heterocycles. The SMILES string of the molecule is COc1cccc2cc(C(=O)C3=C(O)C(=O)N(CCCOC(C)C)C3c3ccc(F)cc3)oc12. The van der Waals surface area contributed by atoms with Gasteiger partial charge in [-0.1, -0.05) is 24.3 Å². The van der Waals surface area contributed by atoms with Crippen molar-refractivity contribution in [2.24, 2.45) is 0 Å². The molecule has 0 fully saturated rings. The first-order valence-electron chi connectivity index (χ1n) is 11.0. The fraction of sp³-hybridized carbons (Fsp3) is 0.308. The first-order valence-corrected chi connectivity index (χ1v) is 11.0. The summed E-state index contributed by atoms with van der Waals surface area (Å²) < 4.78 is 30.2. The van der Waals surface area contributed by atoms with E-state index in [9.17, 15) is 19.1 Å². The number of nitrogens with zero attached hydrogens (tertiary/aromatic N) is 1. The van der Waals surface area contributed by atoms with Gasteiger partial charge in [0.15, 0.2) is 22.9 Å². The van der Waals surface area contributed by atoms with E-state index >= 15 is 0 Å². The van der Waals surface area contributed by atoms with Gasteiger partial charge in [-0.15, -0.1) is 0 Å². The molecule has 4 rings (SSSR count). The lowest BCUT2D eigenvalue weighted by Gasteiger charge is -2.26. The van der Waals surface area contributed by atoms with Gasteiger partial charge < -0.3 is 23.9 Å². The predicted octanol–water partition coefficient (Wildman–Crippen LogP) is 4.97. The standard InChI is InChI=1S/C26H26FNO6/c1-15(2)33-13-5-12-28-22(16-8-10-18(27)11-9-16)21(24(30)26(28)31)23(29)20-14-17-6-4-7-19(32-3)25(17)34-20/h4,6-11,14-15,22,30H,5,12-13H2,1-3H3. The molecule has 1 unspecified atom stereocenters. The molecule has 0 aliphatic carbocycles. The zero-order valence-corrected chi connectivity index (χ0v) is 19.2. The average Bonchev–Trinajstić information content (AvgIpc) is 3.36. The van der Waals surface area contributed by atoms with Gasteiger partial charge in [0.05, 0.1) is 24.8 Å². The van der Waals surface area contributed by atoms with E-state index in [0.29, 0.717) is 35.3 Å². The Morgan fingerprint density at radius 2 is 1.94 bits per heavy atom. The van der Waals surface area contributed by atoms with Gasteiger partial charge in [0, 0.05) is 18.5 Å². The van der Waals surface area contributed by atoms with Crippen LogP contribution in [0, 0.1) is 5.82 Å². The quantitative estimate of drug-likeness (QED) is 0.353. The number of hydrogen-bond donors (Lipinski definition) is 1. The van der Waals surface area contributed by atoms with Gasteiger partial charge in [0.25, 0.3) is 5.91 Å². The first kappa shape index (κ1) is 23.5. The lowest BCUT2D eigenvalue weighted by Crippen LogP contribution is -2.32. The van der Waals surface area contributed by atoms with Gasteiger partial charge in [0.2, 0.25) is 5.78 Å². The number of carbonyl (C=O) groups excluding carboxylic acids is 2. The summed E-state index contributed by atoms with van der Waals surface area (Å²) in [6, 6.07) is 11.4. The summed E-state index contributed by atoms with van der Waals surface area (Å²) in [6.07, 6.45) is 0.536. The van der Waals surface area contributed by atoms with E-state index in [4.69, 9.17) is 13.9 Å². The summed E-state index contributed by atoms with van der Waals surface area (Å²) in [5, 5.41) is 11.4. The van der Waals surface area contributed by atoms with Crippen LogP contribution in [0.1, 0.15) is 42.4 Å². The van der Waals surface area contributed by atoms with Crippen molar-refractivity contribution in [3.05, 3.63) is 77.0 Å². The van der Waals surface area contributed by atoms with Gasteiger partial charge in [0.1, 0.15) is 5.82 Å². The molecule has 178 valence electrons. The smallest absolute Gasteiger partial charge is 0.290 e. The molecule has 8 heteroatoms. The number of para-hydroxylation sites is 1. The van der Waals surface area contributed by atoms with Crippen LogP contribution < -0.4 is 4.74 Å². The molecule has 3 aromatic rings. The van der Waals surface area contributed by atoms with Gasteiger partial charge in [-0.05, 0) is 50.1 Å². The summed E-state index contributed by atoms with van der Waals surface area (Å²) in [5.74, 6) is -1.97. The number of aliphatic hydroxyl groups is 1. The molecule has 1 atom stereocenters. The fourth-order valence-electron chi connectivity index (χ4n) is 4.10. The molecule has 7 nitrogen and oxygen atoms in total. The van der Waals surface area contributed by atoms with Crippen molar-refractivity contribution in [2.45, 2.75) is 32.4 Å². The highest BCUT2D eigenvalue weighted by molar-refractivity contribution is 6.16. The van der Waals surface area contributed by atoms with Crippen molar-refractivity contribution < 1.29 is 33.0 Å². The Bertz CT molecular complexity index is 1240. The van der Waals surface area contributed by atoms with Crippen LogP contribution in [0.25, 0.3) is 11.0 Å². The maximum absolute atomic E-state index is 13.6. The molecule has 2 aromatic carbocycles. The van der Waals surface area contributed by atoms with E-state index in [1.54, 1.807) is 24.3 Å². The van der Waals surface area contributed by atoms with Gasteiger partial charge >= 0.3 is 0 Å². The van der Waals surface area contributed by atoms with E-state index in [0.717, 1.165) is 0 Å². The number of Topliss-reactive ketones (excluding diaryl/α,β-unsaturated/α-hetero) is 1. The monoisotopic (exact) mass is 467 g/mol. The minimum absolute atomic E-state index is 0.0362. The molecule has 1 aromatic heterocycles. The average molecular weight is 467 g/mol. The Labute approximate surface area is 196 Å². The number of benzene rings is 2. The minimum Gasteiger partial charge on any atom is -0.503 e. The third-order valence-corrected chi connectivity index (χ3v) is 5.68. The van der Waals surface area contributed by atoms with Gasteiger partial charge in [-0.25, -0.2) is 4.39 Å². The van der Waals surface area contributed by atoms with Crippen LogP contribution in [0.5, 0.6) is 5.75 Å². The number of aliphatic hydroxyl groups excluding tert-OH is 1. The second-order valence-electron chi connectivity index (χ2n) is 8.31. The van der Waals surface area contributed by atoms with Crippen molar-refractivity contribution in [3.8, 4) is 5.75 Å². The van der Waals surface area contributed by atoms with E-state index in [1.807, 2.05) is 13.8 Å². The summed E-state index contributed by atoms with van der Waals surface area (Å²) in [7, 11) is 1.49. The van der Waals surface area contributed by atoms with Crippen molar-refractivity contribution >= 4 is 22.7 Å². The molecule has 0 radical (unpaired) electrons. The van der Waals surface area contributed by atoms with Crippen LogP contribution in [0.2, 0.25) is 0 Å². The number of carbonyl (C=O) groups is 2. The van der Waals surface area contributed by atoms with Gasteiger partial charge in [-0.2, -0.15) is 0 Å². The molecule has 34 heavy (non-hydrogen) atoms. The Morgan fingerprint density at radius 1 is 1.21 bits per heavy atom. The number of ether oxygens (including phenoxy) is 2. The fourth-order valence-corrected chi connectivity index (χ4v) is 4.10. The zero-order valence-electron chi connectivity index (χ0n) is 19.2. The van der Waals surface area contributed by atoms with Crippen LogP contribution in [-0.4, -0.2) is 48.1 Å². The lowest BCUT2D eigenvalue weighted by molar-refractivity contribution is -0.129. The highest BCUT2D eigenvalue weighted by atomic mass is 19.1. The van der Waals surface area contributed by atoms with Crippen LogP contribution in [0.3, 0.4) is 0 Å². The second kappa shape index (κ2) is 9.69. The summed E-state index contributed by atoms with van der Waals surface area (Å²) in [6.45, 7) is 4.47. The first-order chi connectivity index (χ1) is 16.3. The topological polar surface area (TPSA) is 89.2 Å². The van der Waals surface area contributed by atoms with Crippen LogP contribution >= 0.6 is 0 Å². The summed E-state index contributed by atoms with van der Waals surface area (Å²) >= 11 is 0. The maximum Gasteiger partial charge on any atom is 0.290 e. The zero-order chi connectivity index (χ0) is 24.4. The Kier molecular flexibility index (Phi) is 6.70. The van der Waals surface area contributed by atoms with E-state index < -0.39 is 29.3 Å². The maximum atomic E-state index is 13.6.